The van der Waals surface area contributed by atoms with E-state index in [-0.39, 0.29) is 12.7 Å². The highest BCUT2D eigenvalue weighted by atomic mass is 19.1. The van der Waals surface area contributed by atoms with Gasteiger partial charge in [0.25, 0.3) is 0 Å². The second-order valence-corrected chi connectivity index (χ2v) is 5.24. The van der Waals surface area contributed by atoms with Crippen LogP contribution >= 0.6 is 0 Å². The van der Waals surface area contributed by atoms with Gasteiger partial charge in [-0.1, -0.05) is 12.8 Å². The second-order valence-electron chi connectivity index (χ2n) is 5.24. The van der Waals surface area contributed by atoms with E-state index in [1.807, 2.05) is 0 Å². The number of rotatable bonds is 6. The number of benzene rings is 1. The quantitative estimate of drug-likeness (QED) is 0.819. The first-order valence-corrected chi connectivity index (χ1v) is 7.20. The van der Waals surface area contributed by atoms with Crippen LogP contribution in [-0.2, 0) is 14.3 Å². The molecule has 0 bridgehead atoms. The van der Waals surface area contributed by atoms with Gasteiger partial charge in [-0.2, -0.15) is 5.26 Å². The molecule has 5 nitrogen and oxygen atoms in total. The van der Waals surface area contributed by atoms with E-state index >= 15 is 0 Å². The van der Waals surface area contributed by atoms with Crippen molar-refractivity contribution in [3.05, 3.63) is 30.1 Å². The van der Waals surface area contributed by atoms with Crippen LogP contribution in [0.1, 0.15) is 25.7 Å². The smallest absolute Gasteiger partial charge is 0.249 e. The fourth-order valence-electron chi connectivity index (χ4n) is 2.36. The predicted octanol–water partition coefficient (Wildman–Crippen LogP) is 2.43. The van der Waals surface area contributed by atoms with Gasteiger partial charge in [0.15, 0.2) is 11.7 Å². The number of nitrogens with one attached hydrogen (secondary N) is 1. The van der Waals surface area contributed by atoms with Crippen LogP contribution in [0.2, 0.25) is 0 Å². The highest BCUT2D eigenvalue weighted by molar-refractivity contribution is 6.09. The van der Waals surface area contributed by atoms with Crippen LogP contribution in [0.4, 0.5) is 10.1 Å². The third-order valence-electron chi connectivity index (χ3n) is 3.59. The summed E-state index contributed by atoms with van der Waals surface area (Å²) in [7, 11) is 0. The molecule has 0 heterocycles. The molecular formula is C16H17FN2O3. The average molecular weight is 304 g/mol. The standard InChI is InChI=1S/C16H17FN2O3/c17-11-5-7-12(8-6-11)19-16(21)14(9-18)15(20)10-22-13-3-1-2-4-13/h5-8,13-14H,1-4,10H2,(H,19,21)/t14-/m0/s1. The summed E-state index contributed by atoms with van der Waals surface area (Å²) in [5.41, 5.74) is 0.330. The van der Waals surface area contributed by atoms with E-state index in [0.717, 1.165) is 25.7 Å². The summed E-state index contributed by atoms with van der Waals surface area (Å²) in [6.07, 6.45) is 4.01. The molecule has 1 fully saturated rings. The molecule has 116 valence electrons. The lowest BCUT2D eigenvalue weighted by Crippen LogP contribution is -2.32. The molecule has 1 aliphatic rings. The summed E-state index contributed by atoms with van der Waals surface area (Å²) < 4.78 is 18.2. The fraction of sp³-hybridized carbons (Fsp3) is 0.438. The minimum absolute atomic E-state index is 0.0449. The summed E-state index contributed by atoms with van der Waals surface area (Å²) in [5, 5.41) is 11.5. The van der Waals surface area contributed by atoms with Crippen molar-refractivity contribution in [3.63, 3.8) is 0 Å². The number of carbonyl (C=O) groups is 2. The molecule has 6 heteroatoms. The third kappa shape index (κ3) is 4.37. The van der Waals surface area contributed by atoms with Crippen LogP contribution in [0, 0.1) is 23.1 Å². The van der Waals surface area contributed by atoms with Gasteiger partial charge in [0.05, 0.1) is 12.2 Å². The van der Waals surface area contributed by atoms with Gasteiger partial charge in [-0.15, -0.1) is 0 Å². The van der Waals surface area contributed by atoms with E-state index in [1.54, 1.807) is 6.07 Å². The number of Topliss-reactive ketones (excluding diaryl/α,β-unsaturated/α-hetero) is 1. The summed E-state index contributed by atoms with van der Waals surface area (Å²) >= 11 is 0. The Kier molecular flexibility index (Phi) is 5.61. The van der Waals surface area contributed by atoms with Crippen LogP contribution < -0.4 is 5.32 Å². The van der Waals surface area contributed by atoms with Crippen molar-refractivity contribution in [2.75, 3.05) is 11.9 Å². The van der Waals surface area contributed by atoms with Crippen molar-refractivity contribution in [2.24, 2.45) is 5.92 Å². The summed E-state index contributed by atoms with van der Waals surface area (Å²) in [6.45, 7) is -0.236. The molecule has 2 rings (SSSR count). The van der Waals surface area contributed by atoms with Crippen molar-refractivity contribution in [3.8, 4) is 6.07 Å². The first kappa shape index (κ1) is 16.1. The van der Waals surface area contributed by atoms with Crippen molar-refractivity contribution in [1.29, 1.82) is 5.26 Å². The summed E-state index contributed by atoms with van der Waals surface area (Å²) in [6, 6.07) is 6.78. The van der Waals surface area contributed by atoms with E-state index in [1.165, 1.54) is 24.3 Å². The normalized spacial score (nSPS) is 16.0. The molecule has 1 atom stereocenters. The number of nitrogens with zero attached hydrogens (tertiary/aromatic N) is 1. The number of ketones is 1. The maximum absolute atomic E-state index is 12.8. The number of hydrogen-bond donors (Lipinski definition) is 1. The molecule has 0 unspecified atom stereocenters. The number of carbonyl (C=O) groups excluding carboxylic acids is 2. The second kappa shape index (κ2) is 7.66. The molecule has 1 N–H and O–H groups in total. The molecule has 0 aliphatic heterocycles. The molecule has 22 heavy (non-hydrogen) atoms. The zero-order valence-corrected chi connectivity index (χ0v) is 12.0. The Morgan fingerprint density at radius 1 is 1.32 bits per heavy atom. The molecule has 1 saturated carbocycles. The predicted molar refractivity (Wildman–Crippen MR) is 77.3 cm³/mol. The van der Waals surface area contributed by atoms with Crippen molar-refractivity contribution < 1.29 is 18.7 Å². The molecule has 1 amide bonds. The van der Waals surface area contributed by atoms with Crippen molar-refractivity contribution >= 4 is 17.4 Å². The molecular weight excluding hydrogens is 287 g/mol. The first-order valence-electron chi connectivity index (χ1n) is 7.20. The van der Waals surface area contributed by atoms with E-state index in [4.69, 9.17) is 10.00 Å². The zero-order chi connectivity index (χ0) is 15.9. The number of ether oxygens (including phenoxy) is 1. The maximum atomic E-state index is 12.8. The van der Waals surface area contributed by atoms with Gasteiger partial charge in [0.2, 0.25) is 5.91 Å². The van der Waals surface area contributed by atoms with Gasteiger partial charge < -0.3 is 10.1 Å². The molecule has 0 saturated heterocycles. The van der Waals surface area contributed by atoms with E-state index in [0.29, 0.717) is 5.69 Å². The highest BCUT2D eigenvalue weighted by Crippen LogP contribution is 2.21. The Morgan fingerprint density at radius 3 is 2.55 bits per heavy atom. The van der Waals surface area contributed by atoms with Gasteiger partial charge in [-0.25, -0.2) is 4.39 Å². The SMILES string of the molecule is N#C[C@@H](C(=O)COC1CCCC1)C(=O)Nc1ccc(F)cc1. The first-order chi connectivity index (χ1) is 10.6. The number of halogens is 1. The Hall–Kier alpha value is -2.26. The van der Waals surface area contributed by atoms with E-state index in [2.05, 4.69) is 5.32 Å². The Bertz CT molecular complexity index is 574. The molecule has 0 aromatic heterocycles. The third-order valence-corrected chi connectivity index (χ3v) is 3.59. The highest BCUT2D eigenvalue weighted by Gasteiger charge is 2.27. The number of amides is 1. The van der Waals surface area contributed by atoms with E-state index in [9.17, 15) is 14.0 Å². The van der Waals surface area contributed by atoms with Crippen LogP contribution in [0.25, 0.3) is 0 Å². The summed E-state index contributed by atoms with van der Waals surface area (Å²) in [5.74, 6) is -3.15. The lowest BCUT2D eigenvalue weighted by molar-refractivity contribution is -0.133. The van der Waals surface area contributed by atoms with Gasteiger partial charge in [-0.05, 0) is 37.1 Å². The van der Waals surface area contributed by atoms with Gasteiger partial charge >= 0.3 is 0 Å². The van der Waals surface area contributed by atoms with E-state index < -0.39 is 23.4 Å². The van der Waals surface area contributed by atoms with Gasteiger partial charge in [-0.3, -0.25) is 9.59 Å². The zero-order valence-electron chi connectivity index (χ0n) is 12.0. The molecule has 0 spiro atoms. The molecule has 0 radical (unpaired) electrons. The monoisotopic (exact) mass is 304 g/mol. The average Bonchev–Trinajstić information content (AvgIpc) is 3.01. The fourth-order valence-corrected chi connectivity index (χ4v) is 2.36. The number of nitriles is 1. The maximum Gasteiger partial charge on any atom is 0.249 e. The molecule has 1 aromatic carbocycles. The largest absolute Gasteiger partial charge is 0.370 e. The van der Waals surface area contributed by atoms with Crippen LogP contribution in [-0.4, -0.2) is 24.4 Å². The number of hydrogen-bond acceptors (Lipinski definition) is 4. The minimum Gasteiger partial charge on any atom is -0.370 e. The summed E-state index contributed by atoms with van der Waals surface area (Å²) in [4.78, 5) is 23.9. The van der Waals surface area contributed by atoms with Gasteiger partial charge in [0.1, 0.15) is 12.4 Å². The Morgan fingerprint density at radius 2 is 1.95 bits per heavy atom. The molecule has 1 aromatic rings. The Labute approximate surface area is 128 Å². The van der Waals surface area contributed by atoms with Crippen molar-refractivity contribution in [1.82, 2.24) is 0 Å². The topological polar surface area (TPSA) is 79.2 Å². The van der Waals surface area contributed by atoms with Gasteiger partial charge in [0, 0.05) is 5.69 Å². The number of anilines is 1. The molecule has 1 aliphatic carbocycles. The van der Waals surface area contributed by atoms with Crippen LogP contribution in [0.5, 0.6) is 0 Å². The lowest BCUT2D eigenvalue weighted by Gasteiger charge is -2.13. The van der Waals surface area contributed by atoms with Crippen LogP contribution in [0.3, 0.4) is 0 Å². The Balaban J connectivity index is 1.88. The van der Waals surface area contributed by atoms with Crippen molar-refractivity contribution in [2.45, 2.75) is 31.8 Å². The van der Waals surface area contributed by atoms with Crippen LogP contribution in [0.15, 0.2) is 24.3 Å². The lowest BCUT2D eigenvalue weighted by atomic mass is 10.1. The minimum atomic E-state index is -1.42.